The summed E-state index contributed by atoms with van der Waals surface area (Å²) in [7, 11) is 0. The van der Waals surface area contributed by atoms with Gasteiger partial charge in [0.1, 0.15) is 11.6 Å². The van der Waals surface area contributed by atoms with Crippen molar-refractivity contribution in [2.45, 2.75) is 0 Å². The van der Waals surface area contributed by atoms with Gasteiger partial charge >= 0.3 is 0 Å². The van der Waals surface area contributed by atoms with E-state index in [4.69, 9.17) is 23.2 Å². The number of fused-ring (bicyclic) bond motifs is 1. The first-order valence-electron chi connectivity index (χ1n) is 6.04. The van der Waals surface area contributed by atoms with Gasteiger partial charge in [-0.05, 0) is 30.3 Å². The van der Waals surface area contributed by atoms with Crippen LogP contribution in [0, 0.1) is 5.82 Å². The van der Waals surface area contributed by atoms with Crippen LogP contribution < -0.4 is 5.32 Å². The van der Waals surface area contributed by atoms with Crippen molar-refractivity contribution in [2.75, 3.05) is 5.32 Å². The molecule has 2 N–H and O–H groups in total. The standard InChI is InChI=1S/C15H9Cl2FN2O/c16-8-1-2-9-12(3-4-19-13(9)5-8)20-14-7-15(21)10(17)6-11(14)18/h1-7,21H,(H,19,20). The van der Waals surface area contributed by atoms with Gasteiger partial charge < -0.3 is 10.4 Å². The fraction of sp³-hybridized carbons (Fsp3) is 0. The van der Waals surface area contributed by atoms with Crippen molar-refractivity contribution < 1.29 is 9.50 Å². The predicted octanol–water partition coefficient (Wildman–Crippen LogP) is 5.13. The van der Waals surface area contributed by atoms with Crippen molar-refractivity contribution in [3.05, 3.63) is 58.5 Å². The molecule has 21 heavy (non-hydrogen) atoms. The van der Waals surface area contributed by atoms with E-state index in [9.17, 15) is 9.50 Å². The van der Waals surface area contributed by atoms with Crippen LogP contribution in [0.4, 0.5) is 15.8 Å². The summed E-state index contributed by atoms with van der Waals surface area (Å²) in [6.07, 6.45) is 1.59. The number of phenolic OH excluding ortho intramolecular Hbond substituents is 1. The highest BCUT2D eigenvalue weighted by atomic mass is 35.5. The van der Waals surface area contributed by atoms with Crippen LogP contribution in [0.1, 0.15) is 0 Å². The van der Waals surface area contributed by atoms with Crippen LogP contribution in [0.3, 0.4) is 0 Å². The number of nitrogens with one attached hydrogen (secondary N) is 1. The molecular weight excluding hydrogens is 314 g/mol. The minimum atomic E-state index is -0.559. The third-order valence-electron chi connectivity index (χ3n) is 3.01. The Morgan fingerprint density at radius 1 is 1.05 bits per heavy atom. The fourth-order valence-corrected chi connectivity index (χ4v) is 2.33. The van der Waals surface area contributed by atoms with Gasteiger partial charge in [0.25, 0.3) is 0 Å². The van der Waals surface area contributed by atoms with Crippen LogP contribution in [-0.2, 0) is 0 Å². The summed E-state index contributed by atoms with van der Waals surface area (Å²) >= 11 is 11.6. The Balaban J connectivity index is 2.08. The Morgan fingerprint density at radius 3 is 2.67 bits per heavy atom. The average molecular weight is 323 g/mol. The third-order valence-corrected chi connectivity index (χ3v) is 3.55. The Hall–Kier alpha value is -2.04. The summed E-state index contributed by atoms with van der Waals surface area (Å²) in [6, 6.07) is 9.24. The second-order valence-corrected chi connectivity index (χ2v) is 5.27. The van der Waals surface area contributed by atoms with Gasteiger partial charge in [0, 0.05) is 28.4 Å². The highest BCUT2D eigenvalue weighted by Gasteiger charge is 2.10. The van der Waals surface area contributed by atoms with Crippen molar-refractivity contribution >= 4 is 45.5 Å². The van der Waals surface area contributed by atoms with Gasteiger partial charge in [0.2, 0.25) is 0 Å². The molecule has 2 aromatic carbocycles. The zero-order chi connectivity index (χ0) is 15.0. The first-order valence-corrected chi connectivity index (χ1v) is 6.79. The van der Waals surface area contributed by atoms with Crippen LogP contribution in [0.2, 0.25) is 10.0 Å². The highest BCUT2D eigenvalue weighted by Crippen LogP contribution is 2.33. The molecule has 0 atom stereocenters. The minimum Gasteiger partial charge on any atom is -0.506 e. The first-order chi connectivity index (χ1) is 10.0. The molecule has 1 heterocycles. The predicted molar refractivity (Wildman–Crippen MR) is 83.1 cm³/mol. The van der Waals surface area contributed by atoms with Crippen molar-refractivity contribution in [3.8, 4) is 5.75 Å². The topological polar surface area (TPSA) is 45.1 Å². The molecule has 3 nitrogen and oxygen atoms in total. The molecule has 0 saturated heterocycles. The van der Waals surface area contributed by atoms with Crippen LogP contribution in [-0.4, -0.2) is 10.1 Å². The number of hydrogen-bond acceptors (Lipinski definition) is 3. The largest absolute Gasteiger partial charge is 0.506 e. The molecule has 0 aliphatic rings. The summed E-state index contributed by atoms with van der Waals surface area (Å²) in [4.78, 5) is 4.21. The second kappa shape index (κ2) is 5.39. The average Bonchev–Trinajstić information content (AvgIpc) is 2.44. The molecule has 0 radical (unpaired) electrons. The summed E-state index contributed by atoms with van der Waals surface area (Å²) in [6.45, 7) is 0. The Bertz CT molecular complexity index is 839. The summed E-state index contributed by atoms with van der Waals surface area (Å²) in [5.74, 6) is -0.751. The van der Waals surface area contributed by atoms with Crippen molar-refractivity contribution in [1.82, 2.24) is 4.98 Å². The monoisotopic (exact) mass is 322 g/mol. The molecular formula is C15H9Cl2FN2O. The van der Waals surface area contributed by atoms with Gasteiger partial charge in [0.05, 0.1) is 16.2 Å². The van der Waals surface area contributed by atoms with Crippen LogP contribution in [0.25, 0.3) is 10.9 Å². The number of aromatic nitrogens is 1. The maximum absolute atomic E-state index is 13.9. The number of pyridine rings is 1. The lowest BCUT2D eigenvalue weighted by atomic mass is 10.1. The van der Waals surface area contributed by atoms with Gasteiger partial charge in [-0.1, -0.05) is 23.2 Å². The Labute approximate surface area is 130 Å². The number of nitrogens with zero attached hydrogens (tertiary/aromatic N) is 1. The van der Waals surface area contributed by atoms with Gasteiger partial charge in [0.15, 0.2) is 0 Å². The van der Waals surface area contributed by atoms with Crippen molar-refractivity contribution in [2.24, 2.45) is 0 Å². The van der Waals surface area contributed by atoms with E-state index in [0.29, 0.717) is 16.2 Å². The van der Waals surface area contributed by atoms with E-state index < -0.39 is 5.82 Å². The highest BCUT2D eigenvalue weighted by molar-refractivity contribution is 6.32. The van der Waals surface area contributed by atoms with Crippen molar-refractivity contribution in [3.63, 3.8) is 0 Å². The van der Waals surface area contributed by atoms with E-state index in [1.807, 2.05) is 0 Å². The van der Waals surface area contributed by atoms with Crippen LogP contribution in [0.5, 0.6) is 5.75 Å². The number of aromatic hydroxyl groups is 1. The maximum Gasteiger partial charge on any atom is 0.148 e. The summed E-state index contributed by atoms with van der Waals surface area (Å²) in [5.41, 5.74) is 1.46. The molecule has 1 aromatic heterocycles. The molecule has 0 amide bonds. The SMILES string of the molecule is Oc1cc(Nc2ccnc3cc(Cl)ccc23)c(F)cc1Cl. The van der Waals surface area contributed by atoms with E-state index >= 15 is 0 Å². The lowest BCUT2D eigenvalue weighted by Crippen LogP contribution is -1.95. The second-order valence-electron chi connectivity index (χ2n) is 4.43. The Morgan fingerprint density at radius 2 is 1.86 bits per heavy atom. The zero-order valence-corrected chi connectivity index (χ0v) is 12.1. The van der Waals surface area contributed by atoms with E-state index in [2.05, 4.69) is 10.3 Å². The molecule has 0 spiro atoms. The lowest BCUT2D eigenvalue weighted by molar-refractivity contribution is 0.474. The lowest BCUT2D eigenvalue weighted by Gasteiger charge is -2.11. The van der Waals surface area contributed by atoms with Crippen LogP contribution >= 0.6 is 23.2 Å². The number of halogens is 3. The molecule has 3 aromatic rings. The van der Waals surface area contributed by atoms with E-state index in [0.717, 1.165) is 11.5 Å². The summed E-state index contributed by atoms with van der Waals surface area (Å²) < 4.78 is 13.9. The van der Waals surface area contributed by atoms with E-state index in [1.165, 1.54) is 6.07 Å². The zero-order valence-electron chi connectivity index (χ0n) is 10.6. The van der Waals surface area contributed by atoms with E-state index in [1.54, 1.807) is 30.5 Å². The fourth-order valence-electron chi connectivity index (χ4n) is 2.01. The van der Waals surface area contributed by atoms with Gasteiger partial charge in [-0.2, -0.15) is 0 Å². The molecule has 0 fully saturated rings. The molecule has 0 aliphatic carbocycles. The number of phenols is 1. The van der Waals surface area contributed by atoms with Gasteiger partial charge in [-0.25, -0.2) is 4.39 Å². The van der Waals surface area contributed by atoms with E-state index in [-0.39, 0.29) is 16.5 Å². The Kier molecular flexibility index (Phi) is 3.57. The maximum atomic E-state index is 13.9. The minimum absolute atomic E-state index is 0.0376. The normalized spacial score (nSPS) is 10.8. The van der Waals surface area contributed by atoms with Gasteiger partial charge in [-0.3, -0.25) is 4.98 Å². The molecule has 0 unspecified atom stereocenters. The number of anilines is 2. The number of rotatable bonds is 2. The quantitative estimate of drug-likeness (QED) is 0.687. The van der Waals surface area contributed by atoms with Crippen LogP contribution in [0.15, 0.2) is 42.6 Å². The van der Waals surface area contributed by atoms with Crippen molar-refractivity contribution in [1.29, 1.82) is 0 Å². The molecule has 0 bridgehead atoms. The molecule has 0 aliphatic heterocycles. The molecule has 6 heteroatoms. The van der Waals surface area contributed by atoms with Gasteiger partial charge in [-0.15, -0.1) is 0 Å². The first kappa shape index (κ1) is 13.9. The third kappa shape index (κ3) is 2.73. The molecule has 0 saturated carbocycles. The number of hydrogen-bond donors (Lipinski definition) is 2. The molecule has 106 valence electrons. The smallest absolute Gasteiger partial charge is 0.148 e. The molecule has 3 rings (SSSR count). The number of benzene rings is 2. The summed E-state index contributed by atoms with van der Waals surface area (Å²) in [5, 5.41) is 13.8.